The van der Waals surface area contributed by atoms with Gasteiger partial charge in [0.1, 0.15) is 5.75 Å². The molecule has 4 rings (SSSR count). The molecule has 0 radical (unpaired) electrons. The van der Waals surface area contributed by atoms with Gasteiger partial charge in [-0.15, -0.1) is 0 Å². The number of nitrogens with zero attached hydrogens (tertiary/aromatic N) is 2. The molecule has 1 aromatic heterocycles. The number of halogens is 3. The number of anilines is 2. The summed E-state index contributed by atoms with van der Waals surface area (Å²) < 4.78 is 46.5. The Morgan fingerprint density at radius 1 is 1.18 bits per heavy atom. The van der Waals surface area contributed by atoms with E-state index in [0.717, 1.165) is 5.69 Å². The standard InChI is InChI=1S/C22H21F3N4O5/c1-13-11-28(15-3-5-16(6-4-15)33-12-22(23,24)25)8-9-29(13)20(31)19(30)26-14-2-7-17-18(10-14)34-21(32)27-17/h2-7,10,13H,8-9,11-12H2,1H3,(H,26,30)(H,27,32)/t13-/m1/s1. The molecule has 0 aliphatic carbocycles. The average Bonchev–Trinajstić information content (AvgIpc) is 3.16. The van der Waals surface area contributed by atoms with Gasteiger partial charge in [-0.05, 0) is 43.3 Å². The van der Waals surface area contributed by atoms with Crippen LogP contribution in [-0.4, -0.2) is 60.2 Å². The fourth-order valence-corrected chi connectivity index (χ4v) is 3.75. The summed E-state index contributed by atoms with van der Waals surface area (Å²) >= 11 is 0. The van der Waals surface area contributed by atoms with Gasteiger partial charge in [0.25, 0.3) is 0 Å². The molecule has 0 bridgehead atoms. The van der Waals surface area contributed by atoms with Gasteiger partial charge in [0.2, 0.25) is 0 Å². The van der Waals surface area contributed by atoms with Crippen molar-refractivity contribution in [1.82, 2.24) is 9.88 Å². The van der Waals surface area contributed by atoms with E-state index in [2.05, 4.69) is 10.3 Å². The molecule has 180 valence electrons. The van der Waals surface area contributed by atoms with Gasteiger partial charge in [-0.25, -0.2) is 4.79 Å². The van der Waals surface area contributed by atoms with E-state index >= 15 is 0 Å². The van der Waals surface area contributed by atoms with Crippen molar-refractivity contribution in [3.8, 4) is 5.75 Å². The van der Waals surface area contributed by atoms with E-state index in [0.29, 0.717) is 24.3 Å². The zero-order valence-corrected chi connectivity index (χ0v) is 18.0. The average molecular weight is 478 g/mol. The third-order valence-corrected chi connectivity index (χ3v) is 5.37. The molecule has 2 amide bonds. The van der Waals surface area contributed by atoms with E-state index < -0.39 is 30.4 Å². The maximum Gasteiger partial charge on any atom is 0.422 e. The van der Waals surface area contributed by atoms with Crippen LogP contribution in [0.15, 0.2) is 51.7 Å². The second-order valence-corrected chi connectivity index (χ2v) is 7.87. The molecule has 0 unspecified atom stereocenters. The summed E-state index contributed by atoms with van der Waals surface area (Å²) in [7, 11) is 0. The second-order valence-electron chi connectivity index (χ2n) is 7.87. The number of hydrogen-bond acceptors (Lipinski definition) is 6. The van der Waals surface area contributed by atoms with E-state index in [9.17, 15) is 27.6 Å². The van der Waals surface area contributed by atoms with Crippen LogP contribution >= 0.6 is 0 Å². The highest BCUT2D eigenvalue weighted by Gasteiger charge is 2.32. The van der Waals surface area contributed by atoms with Crippen LogP contribution in [-0.2, 0) is 9.59 Å². The van der Waals surface area contributed by atoms with Crippen molar-refractivity contribution in [1.29, 1.82) is 0 Å². The molecule has 9 nitrogen and oxygen atoms in total. The summed E-state index contributed by atoms with van der Waals surface area (Å²) in [6.45, 7) is 1.60. The Hall–Kier alpha value is -3.96. The predicted octanol–water partition coefficient (Wildman–Crippen LogP) is 2.74. The number of carbonyl (C=O) groups is 2. The zero-order chi connectivity index (χ0) is 24.5. The molecule has 2 N–H and O–H groups in total. The lowest BCUT2D eigenvalue weighted by atomic mass is 10.1. The van der Waals surface area contributed by atoms with E-state index in [4.69, 9.17) is 9.15 Å². The maximum atomic E-state index is 12.7. The van der Waals surface area contributed by atoms with Crippen molar-refractivity contribution in [2.75, 3.05) is 36.5 Å². The SMILES string of the molecule is C[C@@H]1CN(c2ccc(OCC(F)(F)F)cc2)CCN1C(=O)C(=O)Nc1ccc2[nH]c(=O)oc2c1. The van der Waals surface area contributed by atoms with Crippen LogP contribution < -0.4 is 20.7 Å². The van der Waals surface area contributed by atoms with Gasteiger partial charge in [0.15, 0.2) is 12.2 Å². The predicted molar refractivity (Wildman–Crippen MR) is 117 cm³/mol. The number of benzene rings is 2. The molecule has 1 aliphatic rings. The minimum absolute atomic E-state index is 0.108. The highest BCUT2D eigenvalue weighted by atomic mass is 19.4. The number of aromatic amines is 1. The Labute approximate surface area is 191 Å². The van der Waals surface area contributed by atoms with Crippen LogP contribution in [0, 0.1) is 0 Å². The fraction of sp³-hybridized carbons (Fsp3) is 0.318. The van der Waals surface area contributed by atoms with Crippen LogP contribution in [0.5, 0.6) is 5.75 Å². The van der Waals surface area contributed by atoms with Crippen LogP contribution in [0.4, 0.5) is 24.5 Å². The molecule has 1 saturated heterocycles. The zero-order valence-electron chi connectivity index (χ0n) is 18.0. The van der Waals surface area contributed by atoms with Crippen molar-refractivity contribution >= 4 is 34.3 Å². The van der Waals surface area contributed by atoms with Gasteiger partial charge in [0, 0.05) is 43.1 Å². The van der Waals surface area contributed by atoms with Crippen LogP contribution in [0.1, 0.15) is 6.92 Å². The molecule has 0 saturated carbocycles. The lowest BCUT2D eigenvalue weighted by Crippen LogP contribution is -2.56. The minimum atomic E-state index is -4.41. The first-order valence-corrected chi connectivity index (χ1v) is 10.4. The van der Waals surface area contributed by atoms with Gasteiger partial charge >= 0.3 is 23.7 Å². The first-order chi connectivity index (χ1) is 16.1. The highest BCUT2D eigenvalue weighted by Crippen LogP contribution is 2.24. The fourth-order valence-electron chi connectivity index (χ4n) is 3.75. The largest absolute Gasteiger partial charge is 0.484 e. The van der Waals surface area contributed by atoms with Gasteiger partial charge in [-0.1, -0.05) is 0 Å². The molecule has 1 aliphatic heterocycles. The van der Waals surface area contributed by atoms with Crippen LogP contribution in [0.25, 0.3) is 11.1 Å². The Balaban J connectivity index is 1.34. The van der Waals surface area contributed by atoms with Crippen molar-refractivity contribution in [3.05, 3.63) is 53.0 Å². The monoisotopic (exact) mass is 478 g/mol. The summed E-state index contributed by atoms with van der Waals surface area (Å²) in [5.41, 5.74) is 1.81. The van der Waals surface area contributed by atoms with Crippen molar-refractivity contribution in [3.63, 3.8) is 0 Å². The molecular weight excluding hydrogens is 457 g/mol. The second kappa shape index (κ2) is 9.12. The normalized spacial score (nSPS) is 16.5. The quantitative estimate of drug-likeness (QED) is 0.559. The number of hydrogen-bond donors (Lipinski definition) is 2. The van der Waals surface area contributed by atoms with Crippen molar-refractivity contribution < 1.29 is 31.9 Å². The van der Waals surface area contributed by atoms with Gasteiger partial charge in [-0.3, -0.25) is 14.6 Å². The number of nitrogens with one attached hydrogen (secondary N) is 2. The van der Waals surface area contributed by atoms with Gasteiger partial charge in [0.05, 0.1) is 5.52 Å². The Kier molecular flexibility index (Phi) is 6.22. The summed E-state index contributed by atoms with van der Waals surface area (Å²) in [5.74, 6) is -2.02. The molecule has 2 heterocycles. The number of ether oxygens (including phenoxy) is 1. The number of aromatic nitrogens is 1. The summed E-state index contributed by atoms with van der Waals surface area (Å²) in [6.07, 6.45) is -4.41. The molecule has 3 aromatic rings. The van der Waals surface area contributed by atoms with Gasteiger partial charge in [-0.2, -0.15) is 13.2 Å². The smallest absolute Gasteiger partial charge is 0.422 e. The Bertz CT molecular complexity index is 1250. The molecule has 2 aromatic carbocycles. The summed E-state index contributed by atoms with van der Waals surface area (Å²) in [4.78, 5) is 42.4. The van der Waals surface area contributed by atoms with E-state index in [1.807, 2.05) is 4.90 Å². The first kappa shape index (κ1) is 23.2. The third kappa shape index (κ3) is 5.33. The molecule has 1 atom stereocenters. The number of oxazole rings is 1. The number of amides is 2. The molecule has 34 heavy (non-hydrogen) atoms. The molecule has 0 spiro atoms. The lowest BCUT2D eigenvalue weighted by molar-refractivity contribution is -0.153. The van der Waals surface area contributed by atoms with E-state index in [1.165, 1.54) is 23.1 Å². The van der Waals surface area contributed by atoms with E-state index in [1.54, 1.807) is 31.2 Å². The van der Waals surface area contributed by atoms with Crippen molar-refractivity contribution in [2.24, 2.45) is 0 Å². The summed E-state index contributed by atoms with van der Waals surface area (Å²) in [6, 6.07) is 10.5. The maximum absolute atomic E-state index is 12.7. The Morgan fingerprint density at radius 3 is 2.59 bits per heavy atom. The minimum Gasteiger partial charge on any atom is -0.484 e. The molecule has 1 fully saturated rings. The summed E-state index contributed by atoms with van der Waals surface area (Å²) in [5, 5.41) is 2.52. The van der Waals surface area contributed by atoms with E-state index in [-0.39, 0.29) is 23.9 Å². The lowest BCUT2D eigenvalue weighted by Gasteiger charge is -2.40. The molecule has 12 heteroatoms. The highest BCUT2D eigenvalue weighted by molar-refractivity contribution is 6.39. The number of alkyl halides is 3. The number of carbonyl (C=O) groups excluding carboxylic acids is 2. The molecular formula is C22H21F3N4O5. The number of fused-ring (bicyclic) bond motifs is 1. The van der Waals surface area contributed by atoms with Crippen molar-refractivity contribution in [2.45, 2.75) is 19.1 Å². The number of rotatable bonds is 4. The number of H-pyrrole nitrogens is 1. The van der Waals surface area contributed by atoms with Gasteiger partial charge < -0.3 is 24.3 Å². The Morgan fingerprint density at radius 2 is 1.91 bits per heavy atom. The first-order valence-electron chi connectivity index (χ1n) is 10.4. The third-order valence-electron chi connectivity index (χ3n) is 5.37. The number of piperazine rings is 1. The topological polar surface area (TPSA) is 108 Å². The van der Waals surface area contributed by atoms with Crippen LogP contribution in [0.2, 0.25) is 0 Å². The van der Waals surface area contributed by atoms with Crippen LogP contribution in [0.3, 0.4) is 0 Å².